The summed E-state index contributed by atoms with van der Waals surface area (Å²) >= 11 is 0. The Morgan fingerprint density at radius 2 is 1.44 bits per heavy atom. The monoisotopic (exact) mass is 460 g/mol. The third-order valence-electron chi connectivity index (χ3n) is 4.35. The molecule has 0 heterocycles. The van der Waals surface area contributed by atoms with Crippen LogP contribution >= 0.6 is 0 Å². The van der Waals surface area contributed by atoms with Gasteiger partial charge in [-0.15, -0.1) is 0 Å². The Hall–Kier alpha value is -3.26. The van der Waals surface area contributed by atoms with E-state index in [-0.39, 0.29) is 12.8 Å². The highest BCUT2D eigenvalue weighted by molar-refractivity contribution is 5.94. The number of carboxylic acids is 2. The summed E-state index contributed by atoms with van der Waals surface area (Å²) in [5.74, 6) is -5.89. The highest BCUT2D eigenvalue weighted by Gasteiger charge is 2.29. The van der Waals surface area contributed by atoms with E-state index in [9.17, 15) is 33.9 Å². The molecule has 0 spiro atoms. The van der Waals surface area contributed by atoms with Crippen molar-refractivity contribution >= 4 is 35.6 Å². The number of unbranched alkanes of at least 4 members (excludes halogenated alkanes) is 1. The highest BCUT2D eigenvalue weighted by Crippen LogP contribution is 2.05. The van der Waals surface area contributed by atoms with E-state index < -0.39 is 72.6 Å². The Morgan fingerprint density at radius 3 is 1.94 bits per heavy atom. The quantitative estimate of drug-likeness (QED) is 0.107. The first kappa shape index (κ1) is 28.7. The Bertz CT molecular complexity index is 701. The minimum atomic E-state index is -1.37. The second-order valence-electron chi connectivity index (χ2n) is 7.18. The van der Waals surface area contributed by atoms with Crippen molar-refractivity contribution in [3.05, 3.63) is 0 Å². The number of rotatable bonds is 16. The summed E-state index contributed by atoms with van der Waals surface area (Å²) in [6.45, 7) is 1.63. The molecule has 0 aliphatic heterocycles. The molecule has 0 rings (SSSR count). The fourth-order valence-corrected chi connectivity index (χ4v) is 2.55. The van der Waals surface area contributed by atoms with E-state index in [1.165, 1.54) is 6.92 Å². The minimum absolute atomic E-state index is 0.0993. The lowest BCUT2D eigenvalue weighted by molar-refractivity contribution is -0.143. The molecule has 14 nitrogen and oxygen atoms in total. The summed E-state index contributed by atoms with van der Waals surface area (Å²) in [5.41, 5.74) is 15.8. The fraction of sp³-hybridized carbons (Fsp3) is 0.667. The molecule has 32 heavy (non-hydrogen) atoms. The van der Waals surface area contributed by atoms with Crippen LogP contribution in [-0.4, -0.2) is 76.5 Å². The van der Waals surface area contributed by atoms with Crippen molar-refractivity contribution in [2.24, 2.45) is 17.2 Å². The maximum absolute atomic E-state index is 12.5. The number of hydrogen-bond donors (Lipinski definition) is 8. The van der Waals surface area contributed by atoms with Crippen molar-refractivity contribution in [3.63, 3.8) is 0 Å². The molecule has 0 aliphatic carbocycles. The number of hydrogen-bond acceptors (Lipinski definition) is 8. The molecule has 0 radical (unpaired) electrons. The van der Waals surface area contributed by atoms with E-state index in [4.69, 9.17) is 22.3 Å². The van der Waals surface area contributed by atoms with Crippen molar-refractivity contribution in [1.29, 1.82) is 0 Å². The van der Waals surface area contributed by atoms with E-state index in [0.29, 0.717) is 19.4 Å². The van der Waals surface area contributed by atoms with E-state index in [1.54, 1.807) is 0 Å². The third-order valence-corrected chi connectivity index (χ3v) is 4.35. The number of nitrogens with two attached hydrogens (primary N) is 3. The van der Waals surface area contributed by atoms with Crippen LogP contribution in [-0.2, 0) is 28.8 Å². The van der Waals surface area contributed by atoms with Gasteiger partial charge in [0, 0.05) is 6.42 Å². The number of primary amides is 1. The normalized spacial score (nSPS) is 14.3. The molecule has 0 fully saturated rings. The van der Waals surface area contributed by atoms with Gasteiger partial charge < -0.3 is 43.4 Å². The lowest BCUT2D eigenvalue weighted by Gasteiger charge is -2.23. The van der Waals surface area contributed by atoms with E-state index in [0.717, 1.165) is 0 Å². The second kappa shape index (κ2) is 14.7. The van der Waals surface area contributed by atoms with Gasteiger partial charge in [0.15, 0.2) is 0 Å². The molecule has 0 aromatic carbocycles. The SMILES string of the molecule is CC(NC(=O)C(N)CC(N)=O)C(=O)NC(CCC(=O)O)C(=O)NC(CCCCN)C(=O)O. The number of carbonyl (C=O) groups is 6. The number of amides is 4. The van der Waals surface area contributed by atoms with Crippen LogP contribution in [0.15, 0.2) is 0 Å². The zero-order valence-electron chi connectivity index (χ0n) is 17.8. The molecule has 0 aromatic rings. The minimum Gasteiger partial charge on any atom is -0.481 e. The average Bonchev–Trinajstić information content (AvgIpc) is 2.69. The average molecular weight is 460 g/mol. The molecule has 4 unspecified atom stereocenters. The topological polar surface area (TPSA) is 257 Å². The first-order valence-electron chi connectivity index (χ1n) is 9.98. The van der Waals surface area contributed by atoms with Crippen LogP contribution in [0.3, 0.4) is 0 Å². The molecule has 14 heteroatoms. The summed E-state index contributed by atoms with van der Waals surface area (Å²) in [4.78, 5) is 70.0. The van der Waals surface area contributed by atoms with Crippen LogP contribution in [0.4, 0.5) is 0 Å². The standard InChI is InChI=1S/C18H32N6O8/c1-9(22-16(29)10(20)8-13(21)25)15(28)23-11(5-6-14(26)27)17(30)24-12(18(31)32)4-2-3-7-19/h9-12H,2-8,19-20H2,1H3,(H2,21,25)(H,22,29)(H,23,28)(H,24,30)(H,26,27)(H,31,32). The first-order chi connectivity index (χ1) is 14.9. The molecule has 0 saturated carbocycles. The van der Waals surface area contributed by atoms with Crippen LogP contribution in [0.5, 0.6) is 0 Å². The molecular weight excluding hydrogens is 428 g/mol. The molecular formula is C18H32N6O8. The van der Waals surface area contributed by atoms with Gasteiger partial charge in [0.2, 0.25) is 23.6 Å². The van der Waals surface area contributed by atoms with Crippen LogP contribution < -0.4 is 33.2 Å². The summed E-state index contributed by atoms with van der Waals surface area (Å²) in [5, 5.41) is 25.0. The van der Waals surface area contributed by atoms with Gasteiger partial charge in [-0.05, 0) is 39.2 Å². The predicted molar refractivity (Wildman–Crippen MR) is 111 cm³/mol. The molecule has 182 valence electrons. The van der Waals surface area contributed by atoms with Crippen LogP contribution in [0.2, 0.25) is 0 Å². The van der Waals surface area contributed by atoms with Crippen molar-refractivity contribution in [1.82, 2.24) is 16.0 Å². The number of nitrogens with one attached hydrogen (secondary N) is 3. The van der Waals surface area contributed by atoms with Gasteiger partial charge in [0.05, 0.1) is 12.5 Å². The van der Waals surface area contributed by atoms with Crippen molar-refractivity contribution < 1.29 is 39.0 Å². The Labute approximate surface area is 184 Å². The van der Waals surface area contributed by atoms with Crippen LogP contribution in [0, 0.1) is 0 Å². The Balaban J connectivity index is 5.15. The molecule has 11 N–H and O–H groups in total. The Kier molecular flexibility index (Phi) is 13.2. The lowest BCUT2D eigenvalue weighted by atomic mass is 10.1. The third kappa shape index (κ3) is 11.8. The summed E-state index contributed by atoms with van der Waals surface area (Å²) < 4.78 is 0. The predicted octanol–water partition coefficient (Wildman–Crippen LogP) is -3.26. The van der Waals surface area contributed by atoms with Crippen LogP contribution in [0.25, 0.3) is 0 Å². The van der Waals surface area contributed by atoms with Gasteiger partial charge in [-0.2, -0.15) is 0 Å². The van der Waals surface area contributed by atoms with E-state index >= 15 is 0 Å². The number of carboxylic acid groups (broad SMARTS) is 2. The maximum Gasteiger partial charge on any atom is 0.326 e. The van der Waals surface area contributed by atoms with Crippen LogP contribution in [0.1, 0.15) is 45.4 Å². The first-order valence-corrected chi connectivity index (χ1v) is 9.98. The van der Waals surface area contributed by atoms with Crippen molar-refractivity contribution in [2.45, 2.75) is 69.6 Å². The molecule has 4 amide bonds. The van der Waals surface area contributed by atoms with Crippen molar-refractivity contribution in [3.8, 4) is 0 Å². The molecule has 4 atom stereocenters. The van der Waals surface area contributed by atoms with Gasteiger partial charge in [-0.1, -0.05) is 0 Å². The fourth-order valence-electron chi connectivity index (χ4n) is 2.55. The maximum atomic E-state index is 12.5. The van der Waals surface area contributed by atoms with Gasteiger partial charge in [0.25, 0.3) is 0 Å². The zero-order chi connectivity index (χ0) is 24.8. The van der Waals surface area contributed by atoms with Gasteiger partial charge in [-0.3, -0.25) is 24.0 Å². The molecule has 0 aromatic heterocycles. The Morgan fingerprint density at radius 1 is 0.844 bits per heavy atom. The molecule has 0 saturated heterocycles. The van der Waals surface area contributed by atoms with Gasteiger partial charge >= 0.3 is 11.9 Å². The summed E-state index contributed by atoms with van der Waals surface area (Å²) in [6.07, 6.45) is -0.146. The smallest absolute Gasteiger partial charge is 0.326 e. The summed E-state index contributed by atoms with van der Waals surface area (Å²) in [7, 11) is 0. The largest absolute Gasteiger partial charge is 0.481 e. The van der Waals surface area contributed by atoms with Gasteiger partial charge in [-0.25, -0.2) is 4.79 Å². The second-order valence-corrected chi connectivity index (χ2v) is 7.18. The van der Waals surface area contributed by atoms with E-state index in [1.807, 2.05) is 0 Å². The summed E-state index contributed by atoms with van der Waals surface area (Å²) in [6, 6.07) is -5.09. The van der Waals surface area contributed by atoms with Gasteiger partial charge in [0.1, 0.15) is 18.1 Å². The number of carbonyl (C=O) groups excluding carboxylic acids is 4. The zero-order valence-corrected chi connectivity index (χ0v) is 17.8. The molecule has 0 bridgehead atoms. The number of aliphatic carboxylic acids is 2. The highest BCUT2D eigenvalue weighted by atomic mass is 16.4. The molecule has 0 aliphatic rings. The lowest BCUT2D eigenvalue weighted by Crippen LogP contribution is -2.56. The van der Waals surface area contributed by atoms with Crippen molar-refractivity contribution in [2.75, 3.05) is 6.54 Å². The van der Waals surface area contributed by atoms with E-state index in [2.05, 4.69) is 16.0 Å².